The minimum Gasteiger partial charge on any atom is -0.497 e. The van der Waals surface area contributed by atoms with Gasteiger partial charge < -0.3 is 33.2 Å². The van der Waals surface area contributed by atoms with E-state index in [0.717, 1.165) is 20.8 Å². The Balaban J connectivity index is 2.13. The molecule has 2 aromatic rings. The van der Waals surface area contributed by atoms with Crippen molar-refractivity contribution in [2.24, 2.45) is 0 Å². The van der Waals surface area contributed by atoms with E-state index in [1.54, 1.807) is 12.1 Å². The summed E-state index contributed by atoms with van der Waals surface area (Å²) in [5.74, 6) is -3.09. The summed E-state index contributed by atoms with van der Waals surface area (Å²) in [6, 6.07) is 7.65. The average Bonchev–Trinajstić information content (AvgIpc) is 2.92. The summed E-state index contributed by atoms with van der Waals surface area (Å²) >= 11 is 43.4. The molecule has 252 valence electrons. The quantitative estimate of drug-likeness (QED) is 0.0859. The molecular weight excluding hydrogens is 758 g/mol. The van der Waals surface area contributed by atoms with Crippen LogP contribution < -0.4 is 4.74 Å². The summed E-state index contributed by atoms with van der Waals surface area (Å²) in [4.78, 5) is 36.5. The van der Waals surface area contributed by atoms with Crippen LogP contribution in [0.5, 0.6) is 5.75 Å². The number of esters is 3. The lowest BCUT2D eigenvalue weighted by atomic mass is 9.97. The van der Waals surface area contributed by atoms with E-state index in [1.807, 2.05) is 0 Å². The van der Waals surface area contributed by atoms with Crippen LogP contribution in [0.15, 0.2) is 30.3 Å². The summed E-state index contributed by atoms with van der Waals surface area (Å²) in [5, 5.41) is 8.89. The van der Waals surface area contributed by atoms with E-state index in [9.17, 15) is 14.4 Å². The number of hydrogen-bond donors (Lipinski definition) is 1. The molecule has 46 heavy (non-hydrogen) atoms. The van der Waals surface area contributed by atoms with Gasteiger partial charge in [-0.1, -0.05) is 87.3 Å². The molecule has 0 aliphatic carbocycles. The van der Waals surface area contributed by atoms with Crippen LogP contribution in [-0.2, 0) is 42.8 Å². The van der Waals surface area contributed by atoms with Crippen molar-refractivity contribution in [1.82, 2.24) is 0 Å². The molecule has 11 nitrogen and oxygen atoms in total. The third-order valence-corrected chi connectivity index (χ3v) is 7.91. The minimum absolute atomic E-state index is 0.145. The maximum Gasteiger partial charge on any atom is 0.303 e. The van der Waals surface area contributed by atoms with Crippen molar-refractivity contribution < 1.29 is 47.5 Å². The predicted octanol–water partition coefficient (Wildman–Crippen LogP) is 7.30. The highest BCUT2D eigenvalue weighted by molar-refractivity contribution is 6.76. The first-order valence-electron chi connectivity index (χ1n) is 13.0. The molecule has 0 saturated carbocycles. The fourth-order valence-corrected chi connectivity index (χ4v) is 5.74. The van der Waals surface area contributed by atoms with Crippen molar-refractivity contribution in [2.75, 3.05) is 13.7 Å². The molecule has 0 radical (unpaired) electrons. The van der Waals surface area contributed by atoms with Gasteiger partial charge in [0.15, 0.2) is 12.2 Å². The molecule has 1 aliphatic rings. The van der Waals surface area contributed by atoms with Crippen molar-refractivity contribution >= 4 is 105 Å². The second-order valence-corrected chi connectivity index (χ2v) is 13.5. The molecule has 18 heteroatoms. The van der Waals surface area contributed by atoms with Crippen LogP contribution in [0.4, 0.5) is 0 Å². The number of carbonyl (C=O) groups excluding carboxylic acids is 3. The van der Waals surface area contributed by atoms with E-state index >= 15 is 0 Å². The largest absolute Gasteiger partial charge is 0.497 e. The van der Waals surface area contributed by atoms with Gasteiger partial charge >= 0.3 is 17.9 Å². The van der Waals surface area contributed by atoms with Gasteiger partial charge in [0.1, 0.15) is 18.0 Å². The van der Waals surface area contributed by atoms with Crippen LogP contribution in [0.1, 0.15) is 38.0 Å². The Morgan fingerprint density at radius 1 is 0.826 bits per heavy atom. The summed E-state index contributed by atoms with van der Waals surface area (Å²) in [6.45, 7) is 2.76. The Kier molecular flexibility index (Phi) is 13.8. The Hall–Kier alpha value is -1.93. The highest BCUT2D eigenvalue weighted by atomic mass is 35.6. The number of carbonyl (C=O) groups is 3. The van der Waals surface area contributed by atoms with Crippen LogP contribution in [0.3, 0.4) is 0 Å². The maximum absolute atomic E-state index is 12.3. The van der Waals surface area contributed by atoms with Crippen LogP contribution in [0.2, 0.25) is 20.1 Å². The first-order chi connectivity index (χ1) is 21.4. The lowest BCUT2D eigenvalue weighted by Gasteiger charge is -2.44. The van der Waals surface area contributed by atoms with Gasteiger partial charge in [-0.25, -0.2) is 0 Å². The molecule has 1 N–H and O–H groups in total. The number of ether oxygens (including phenoxy) is 7. The van der Waals surface area contributed by atoms with Crippen molar-refractivity contribution in [3.8, 4) is 5.75 Å². The molecule has 1 saturated heterocycles. The molecule has 1 unspecified atom stereocenters. The average molecular weight is 785 g/mol. The molecular formula is C28H26Cl7NO10. The second-order valence-electron chi connectivity index (χ2n) is 9.59. The first kappa shape index (κ1) is 38.5. The van der Waals surface area contributed by atoms with Gasteiger partial charge in [-0.2, -0.15) is 0 Å². The summed E-state index contributed by atoms with van der Waals surface area (Å²) in [5.41, 5.74) is 0.647. The maximum atomic E-state index is 12.3. The van der Waals surface area contributed by atoms with E-state index in [4.69, 9.17) is 120 Å². The molecule has 1 heterocycles. The Morgan fingerprint density at radius 3 is 1.87 bits per heavy atom. The third-order valence-electron chi connectivity index (χ3n) is 6.21. The topological polar surface area (TPSA) is 140 Å². The second kappa shape index (κ2) is 16.5. The Bertz CT molecular complexity index is 1450. The van der Waals surface area contributed by atoms with Crippen LogP contribution >= 0.6 is 81.2 Å². The van der Waals surface area contributed by atoms with Crippen molar-refractivity contribution in [1.29, 1.82) is 5.41 Å². The normalized spacial score (nSPS) is 21.9. The van der Waals surface area contributed by atoms with Gasteiger partial charge in [0, 0.05) is 41.9 Å². The number of hydrogen-bond acceptors (Lipinski definition) is 11. The van der Waals surface area contributed by atoms with E-state index in [1.165, 1.54) is 25.3 Å². The molecule has 3 rings (SSSR count). The number of alkyl halides is 3. The third kappa shape index (κ3) is 10.0. The van der Waals surface area contributed by atoms with Gasteiger partial charge in [-0.3, -0.25) is 19.8 Å². The molecule has 0 bridgehead atoms. The van der Waals surface area contributed by atoms with E-state index < -0.39 is 71.0 Å². The Labute approximate surface area is 298 Å². The predicted molar refractivity (Wildman–Crippen MR) is 172 cm³/mol. The summed E-state index contributed by atoms with van der Waals surface area (Å²) < 4.78 is 36.9. The molecule has 6 atom stereocenters. The number of benzene rings is 2. The zero-order chi connectivity index (χ0) is 34.5. The number of nitrogens with one attached hydrogen (secondary N) is 1. The summed E-state index contributed by atoms with van der Waals surface area (Å²) in [6.07, 6.45) is -8.81. The molecule has 0 spiro atoms. The van der Waals surface area contributed by atoms with E-state index in [-0.39, 0.29) is 20.6 Å². The van der Waals surface area contributed by atoms with Crippen LogP contribution in [0, 0.1) is 5.41 Å². The minimum atomic E-state index is -2.36. The standard InChI is InChI=1S/C28H26Cl7NO10/c1-11(37)42-23-20(45-26(46-27(36)28(33,34)35)25(44-13(3)39)24(23)43-12(2)38)10-41-22(16-6-5-14(29)7-17(16)30)21-18(31)8-15(40-4)9-19(21)32/h5-9,20,22-26,36H,10H2,1-4H3/t20-,22?,23-,24+,25+,26+/m1/s1. The van der Waals surface area contributed by atoms with Gasteiger partial charge in [-0.15, -0.1) is 0 Å². The van der Waals surface area contributed by atoms with Crippen molar-refractivity contribution in [2.45, 2.75) is 61.4 Å². The fourth-order valence-electron chi connectivity index (χ4n) is 4.43. The molecule has 1 fully saturated rings. The lowest BCUT2D eigenvalue weighted by molar-refractivity contribution is -0.294. The highest BCUT2D eigenvalue weighted by Gasteiger charge is 2.54. The van der Waals surface area contributed by atoms with Crippen LogP contribution in [0.25, 0.3) is 0 Å². The van der Waals surface area contributed by atoms with Crippen molar-refractivity contribution in [3.05, 3.63) is 61.5 Å². The lowest BCUT2D eigenvalue weighted by Crippen LogP contribution is -2.63. The summed E-state index contributed by atoms with van der Waals surface area (Å²) in [7, 11) is 1.44. The Morgan fingerprint density at radius 2 is 1.37 bits per heavy atom. The number of rotatable bonds is 10. The number of halogens is 7. The monoisotopic (exact) mass is 781 g/mol. The van der Waals surface area contributed by atoms with E-state index in [0.29, 0.717) is 16.3 Å². The van der Waals surface area contributed by atoms with Gasteiger partial charge in [0.25, 0.3) is 3.79 Å². The van der Waals surface area contributed by atoms with E-state index in [2.05, 4.69) is 0 Å². The molecule has 0 amide bonds. The van der Waals surface area contributed by atoms with Gasteiger partial charge in [-0.05, 0) is 24.3 Å². The van der Waals surface area contributed by atoms with Crippen LogP contribution in [-0.4, -0.2) is 72.0 Å². The molecule has 2 aromatic carbocycles. The molecule has 0 aromatic heterocycles. The van der Waals surface area contributed by atoms with Gasteiger partial charge in [0.05, 0.1) is 23.8 Å². The van der Waals surface area contributed by atoms with Gasteiger partial charge in [0.2, 0.25) is 18.3 Å². The first-order valence-corrected chi connectivity index (χ1v) is 15.7. The fraction of sp³-hybridized carbons (Fsp3) is 0.429. The SMILES string of the molecule is COc1cc(Cl)c(C(OC[C@H]2O[C@@H](OC(=N)C(Cl)(Cl)Cl)[C@@H](OC(C)=O)[C@@H](OC(C)=O)[C@@H]2OC(C)=O)c2ccc(Cl)cc2Cl)c(Cl)c1. The zero-order valence-corrected chi connectivity index (χ0v) is 29.6. The smallest absolute Gasteiger partial charge is 0.303 e. The zero-order valence-electron chi connectivity index (χ0n) is 24.3. The number of methoxy groups -OCH3 is 1. The highest BCUT2D eigenvalue weighted by Crippen LogP contribution is 2.43. The van der Waals surface area contributed by atoms with Crippen molar-refractivity contribution in [3.63, 3.8) is 0 Å². The molecule has 1 aliphatic heterocycles.